The molecule has 1 heterocycles. The zero-order valence-corrected chi connectivity index (χ0v) is 11.4. The van der Waals surface area contributed by atoms with Crippen molar-refractivity contribution < 1.29 is 0 Å². The summed E-state index contributed by atoms with van der Waals surface area (Å²) < 4.78 is 0. The molecule has 1 aromatic heterocycles. The summed E-state index contributed by atoms with van der Waals surface area (Å²) in [4.78, 5) is 8.41. The standard InChI is InChI=1S/C12H11ClN2.C2H6/c1-8-3-4-11(13)10(7-8)12-5-6-14-9(2)15-12;1-2/h3-7H,1-2H3;1-2H3. The Bertz CT molecular complexity index is 495. The third-order valence-electron chi connectivity index (χ3n) is 2.17. The monoisotopic (exact) mass is 248 g/mol. The Morgan fingerprint density at radius 3 is 2.41 bits per heavy atom. The summed E-state index contributed by atoms with van der Waals surface area (Å²) in [5.74, 6) is 0.755. The van der Waals surface area contributed by atoms with Crippen LogP contribution in [0.5, 0.6) is 0 Å². The van der Waals surface area contributed by atoms with Gasteiger partial charge in [0.25, 0.3) is 0 Å². The highest BCUT2D eigenvalue weighted by molar-refractivity contribution is 6.33. The minimum absolute atomic E-state index is 0.721. The van der Waals surface area contributed by atoms with Gasteiger partial charge in [0, 0.05) is 16.8 Å². The number of rotatable bonds is 1. The highest BCUT2D eigenvalue weighted by Gasteiger charge is 2.05. The van der Waals surface area contributed by atoms with E-state index in [-0.39, 0.29) is 0 Å². The first-order valence-electron chi connectivity index (χ1n) is 5.73. The van der Waals surface area contributed by atoms with E-state index >= 15 is 0 Å². The van der Waals surface area contributed by atoms with E-state index in [0.717, 1.165) is 22.1 Å². The van der Waals surface area contributed by atoms with Gasteiger partial charge in [-0.15, -0.1) is 0 Å². The highest BCUT2D eigenvalue weighted by atomic mass is 35.5. The van der Waals surface area contributed by atoms with Gasteiger partial charge in [-0.3, -0.25) is 0 Å². The van der Waals surface area contributed by atoms with Crippen LogP contribution in [0.15, 0.2) is 30.5 Å². The average molecular weight is 249 g/mol. The number of hydrogen-bond donors (Lipinski definition) is 0. The quantitative estimate of drug-likeness (QED) is 0.746. The zero-order chi connectivity index (χ0) is 12.8. The van der Waals surface area contributed by atoms with Gasteiger partial charge in [-0.2, -0.15) is 0 Å². The molecule has 0 amide bonds. The normalized spacial score (nSPS) is 9.47. The Morgan fingerprint density at radius 2 is 1.76 bits per heavy atom. The molecule has 0 aliphatic rings. The van der Waals surface area contributed by atoms with Gasteiger partial charge >= 0.3 is 0 Å². The maximum atomic E-state index is 6.12. The van der Waals surface area contributed by atoms with Gasteiger partial charge in [-0.1, -0.05) is 37.1 Å². The predicted molar refractivity (Wildman–Crippen MR) is 73.3 cm³/mol. The molecule has 0 saturated heterocycles. The third-order valence-corrected chi connectivity index (χ3v) is 2.50. The van der Waals surface area contributed by atoms with Crippen LogP contribution < -0.4 is 0 Å². The lowest BCUT2D eigenvalue weighted by atomic mass is 10.1. The summed E-state index contributed by atoms with van der Waals surface area (Å²) in [6.07, 6.45) is 1.75. The topological polar surface area (TPSA) is 25.8 Å². The Morgan fingerprint density at radius 1 is 1.06 bits per heavy atom. The number of benzene rings is 1. The van der Waals surface area contributed by atoms with Crippen LogP contribution in [0.3, 0.4) is 0 Å². The number of aryl methyl sites for hydroxylation is 2. The molecule has 0 bridgehead atoms. The predicted octanol–water partition coefficient (Wildman–Crippen LogP) is 4.44. The van der Waals surface area contributed by atoms with Gasteiger partial charge < -0.3 is 0 Å². The van der Waals surface area contributed by atoms with Crippen molar-refractivity contribution in [3.8, 4) is 11.3 Å². The van der Waals surface area contributed by atoms with Crippen molar-refractivity contribution in [2.45, 2.75) is 27.7 Å². The molecule has 0 unspecified atom stereocenters. The van der Waals surface area contributed by atoms with E-state index in [4.69, 9.17) is 11.6 Å². The van der Waals surface area contributed by atoms with Crippen LogP contribution in [0.1, 0.15) is 25.2 Å². The summed E-state index contributed by atoms with van der Waals surface area (Å²) >= 11 is 6.12. The molecule has 17 heavy (non-hydrogen) atoms. The van der Waals surface area contributed by atoms with Crippen molar-refractivity contribution in [1.29, 1.82) is 0 Å². The van der Waals surface area contributed by atoms with Crippen LogP contribution in [0.25, 0.3) is 11.3 Å². The SMILES string of the molecule is CC.Cc1ccc(Cl)c(-c2ccnc(C)n2)c1. The van der Waals surface area contributed by atoms with E-state index in [9.17, 15) is 0 Å². The minimum atomic E-state index is 0.721. The number of nitrogens with zero attached hydrogens (tertiary/aromatic N) is 2. The fourth-order valence-electron chi connectivity index (χ4n) is 1.44. The van der Waals surface area contributed by atoms with Crippen molar-refractivity contribution in [2.75, 3.05) is 0 Å². The van der Waals surface area contributed by atoms with Crippen molar-refractivity contribution in [3.63, 3.8) is 0 Å². The number of hydrogen-bond acceptors (Lipinski definition) is 2. The van der Waals surface area contributed by atoms with E-state index in [1.807, 2.05) is 52.0 Å². The second-order valence-corrected chi connectivity index (χ2v) is 3.88. The van der Waals surface area contributed by atoms with Crippen molar-refractivity contribution in [1.82, 2.24) is 9.97 Å². The van der Waals surface area contributed by atoms with E-state index in [1.54, 1.807) is 6.20 Å². The maximum Gasteiger partial charge on any atom is 0.125 e. The van der Waals surface area contributed by atoms with E-state index in [2.05, 4.69) is 9.97 Å². The first-order valence-corrected chi connectivity index (χ1v) is 6.11. The zero-order valence-electron chi connectivity index (χ0n) is 10.7. The molecule has 2 rings (SSSR count). The van der Waals surface area contributed by atoms with E-state index in [1.165, 1.54) is 5.56 Å². The molecule has 2 nitrogen and oxygen atoms in total. The molecule has 1 aromatic carbocycles. The number of halogens is 1. The molecular weight excluding hydrogens is 232 g/mol. The van der Waals surface area contributed by atoms with Crippen LogP contribution in [0, 0.1) is 13.8 Å². The van der Waals surface area contributed by atoms with Crippen molar-refractivity contribution in [3.05, 3.63) is 46.9 Å². The van der Waals surface area contributed by atoms with Gasteiger partial charge in [0.2, 0.25) is 0 Å². The average Bonchev–Trinajstić information content (AvgIpc) is 2.35. The fraction of sp³-hybridized carbons (Fsp3) is 0.286. The van der Waals surface area contributed by atoms with Gasteiger partial charge in [0.1, 0.15) is 5.82 Å². The van der Waals surface area contributed by atoms with Gasteiger partial charge in [-0.25, -0.2) is 9.97 Å². The van der Waals surface area contributed by atoms with Crippen molar-refractivity contribution in [2.24, 2.45) is 0 Å². The third kappa shape index (κ3) is 3.53. The minimum Gasteiger partial charge on any atom is -0.242 e. The molecule has 0 atom stereocenters. The lowest BCUT2D eigenvalue weighted by Gasteiger charge is -2.05. The first kappa shape index (κ1) is 13.7. The second-order valence-electron chi connectivity index (χ2n) is 3.47. The van der Waals surface area contributed by atoms with Crippen molar-refractivity contribution >= 4 is 11.6 Å². The molecule has 0 saturated carbocycles. The maximum absolute atomic E-state index is 6.12. The molecular formula is C14H17ClN2. The fourth-order valence-corrected chi connectivity index (χ4v) is 1.66. The summed E-state index contributed by atoms with van der Waals surface area (Å²) in [5, 5.41) is 0.721. The highest BCUT2D eigenvalue weighted by Crippen LogP contribution is 2.26. The van der Waals surface area contributed by atoms with Gasteiger partial charge in [0.05, 0.1) is 5.69 Å². The largest absolute Gasteiger partial charge is 0.242 e. The molecule has 90 valence electrons. The molecule has 0 aliphatic heterocycles. The van der Waals surface area contributed by atoms with Crippen LogP contribution in [-0.4, -0.2) is 9.97 Å². The molecule has 0 aliphatic carbocycles. The van der Waals surface area contributed by atoms with Crippen LogP contribution in [0.2, 0.25) is 5.02 Å². The molecule has 0 N–H and O–H groups in total. The van der Waals surface area contributed by atoms with E-state index in [0.29, 0.717) is 0 Å². The summed E-state index contributed by atoms with van der Waals surface area (Å²) in [5.41, 5.74) is 3.00. The van der Waals surface area contributed by atoms with Crippen LogP contribution >= 0.6 is 11.6 Å². The smallest absolute Gasteiger partial charge is 0.125 e. The Balaban J connectivity index is 0.000000686. The molecule has 2 aromatic rings. The summed E-state index contributed by atoms with van der Waals surface area (Å²) in [7, 11) is 0. The van der Waals surface area contributed by atoms with E-state index < -0.39 is 0 Å². The molecule has 0 spiro atoms. The second kappa shape index (κ2) is 6.36. The molecule has 3 heteroatoms. The molecule has 0 radical (unpaired) electrons. The lowest BCUT2D eigenvalue weighted by molar-refractivity contribution is 1.06. The van der Waals surface area contributed by atoms with Gasteiger partial charge in [-0.05, 0) is 32.0 Å². The Labute approximate surface area is 108 Å². The first-order chi connectivity index (χ1) is 8.16. The van der Waals surface area contributed by atoms with Crippen LogP contribution in [0.4, 0.5) is 0 Å². The number of aromatic nitrogens is 2. The Hall–Kier alpha value is -1.41. The van der Waals surface area contributed by atoms with Gasteiger partial charge in [0.15, 0.2) is 0 Å². The summed E-state index contributed by atoms with van der Waals surface area (Å²) in [6.45, 7) is 7.90. The Kier molecular flexibility index (Phi) is 5.11. The summed E-state index contributed by atoms with van der Waals surface area (Å²) in [6, 6.07) is 7.78. The van der Waals surface area contributed by atoms with Crippen LogP contribution in [-0.2, 0) is 0 Å². The lowest BCUT2D eigenvalue weighted by Crippen LogP contribution is -1.90. The molecule has 0 fully saturated rings.